The van der Waals surface area contributed by atoms with Crippen molar-refractivity contribution in [2.24, 2.45) is 11.7 Å². The number of benzene rings is 1. The molecule has 0 aliphatic rings. The van der Waals surface area contributed by atoms with Gasteiger partial charge in [-0.2, -0.15) is 5.26 Å². The molecule has 0 aromatic heterocycles. The van der Waals surface area contributed by atoms with Crippen molar-refractivity contribution in [2.45, 2.75) is 38.1 Å². The van der Waals surface area contributed by atoms with Gasteiger partial charge in [0.05, 0.1) is 16.5 Å². The second kappa shape index (κ2) is 8.49. The van der Waals surface area contributed by atoms with Crippen molar-refractivity contribution in [2.75, 3.05) is 13.6 Å². The summed E-state index contributed by atoms with van der Waals surface area (Å²) in [4.78, 5) is 0.208. The van der Waals surface area contributed by atoms with Crippen molar-refractivity contribution < 1.29 is 8.42 Å². The molecule has 0 fully saturated rings. The Morgan fingerprint density at radius 3 is 2.41 bits per heavy atom. The number of aryl methyl sites for hydroxylation is 1. The minimum atomic E-state index is -3.54. The van der Waals surface area contributed by atoms with Gasteiger partial charge in [0.25, 0.3) is 0 Å². The van der Waals surface area contributed by atoms with Gasteiger partial charge in [-0.25, -0.2) is 12.7 Å². The summed E-state index contributed by atoms with van der Waals surface area (Å²) in [6.45, 7) is 6.14. The molecule has 1 aromatic carbocycles. The summed E-state index contributed by atoms with van der Waals surface area (Å²) < 4.78 is 26.3. The van der Waals surface area contributed by atoms with Crippen LogP contribution in [0.2, 0.25) is 0 Å². The lowest BCUT2D eigenvalue weighted by atomic mass is 10.0. The fraction of sp³-hybridized carbons (Fsp3) is 0.533. The summed E-state index contributed by atoms with van der Waals surface area (Å²) in [6, 6.07) is 6.55. The molecule has 0 aliphatic heterocycles. The fourth-order valence-corrected chi connectivity index (χ4v) is 3.16. The zero-order chi connectivity index (χ0) is 16.2. The molecule has 1 aromatic rings. The van der Waals surface area contributed by atoms with Gasteiger partial charge in [-0.3, -0.25) is 0 Å². The van der Waals surface area contributed by atoms with Crippen LogP contribution in [0.25, 0.3) is 0 Å². The van der Waals surface area contributed by atoms with E-state index in [0.29, 0.717) is 30.0 Å². The molecule has 7 heteroatoms. The van der Waals surface area contributed by atoms with Gasteiger partial charge in [-0.05, 0) is 43.0 Å². The lowest BCUT2D eigenvalue weighted by molar-refractivity contribution is 0.397. The number of rotatable bonds is 6. The molecule has 1 atom stereocenters. The Morgan fingerprint density at radius 2 is 1.95 bits per heavy atom. The summed E-state index contributed by atoms with van der Waals surface area (Å²) in [6.07, 6.45) is 0.614. The molecular formula is C15H24ClN3O2S. The second-order valence-corrected chi connectivity index (χ2v) is 7.66. The molecule has 0 amide bonds. The minimum Gasteiger partial charge on any atom is -0.327 e. The lowest BCUT2D eigenvalue weighted by Crippen LogP contribution is -2.34. The Kier molecular flexibility index (Phi) is 8.05. The van der Waals surface area contributed by atoms with Crippen molar-refractivity contribution in [1.29, 1.82) is 5.26 Å². The standard InChI is InChI=1S/C15H23N3O2S.ClH/c1-11(2)15(17)7-8-18(4)21(19,20)14-6-5-13(10-16)12(3)9-14;/h5-6,9,11,15H,7-8,17H2,1-4H3;1H. The van der Waals surface area contributed by atoms with E-state index in [0.717, 1.165) is 0 Å². The van der Waals surface area contributed by atoms with Gasteiger partial charge in [0.2, 0.25) is 10.0 Å². The molecule has 2 N–H and O–H groups in total. The van der Waals surface area contributed by atoms with Gasteiger partial charge in [0.1, 0.15) is 0 Å². The lowest BCUT2D eigenvalue weighted by Gasteiger charge is -2.21. The average molecular weight is 346 g/mol. The molecule has 0 aliphatic carbocycles. The van der Waals surface area contributed by atoms with Gasteiger partial charge < -0.3 is 5.73 Å². The number of halogens is 1. The highest BCUT2D eigenvalue weighted by Gasteiger charge is 2.22. The van der Waals surface area contributed by atoms with Gasteiger partial charge >= 0.3 is 0 Å². The number of nitrogens with zero attached hydrogens (tertiary/aromatic N) is 2. The molecule has 124 valence electrons. The number of hydrogen-bond acceptors (Lipinski definition) is 4. The first-order valence-electron chi connectivity index (χ1n) is 6.92. The van der Waals surface area contributed by atoms with Crippen LogP contribution in [-0.4, -0.2) is 32.4 Å². The van der Waals surface area contributed by atoms with Gasteiger partial charge in [-0.1, -0.05) is 13.8 Å². The van der Waals surface area contributed by atoms with Crippen LogP contribution in [0.1, 0.15) is 31.4 Å². The molecule has 1 unspecified atom stereocenters. The predicted molar refractivity (Wildman–Crippen MR) is 90.4 cm³/mol. The van der Waals surface area contributed by atoms with Crippen LogP contribution in [-0.2, 0) is 10.0 Å². The van der Waals surface area contributed by atoms with Gasteiger partial charge in [0.15, 0.2) is 0 Å². The third kappa shape index (κ3) is 4.96. The van der Waals surface area contributed by atoms with Crippen LogP contribution in [0, 0.1) is 24.2 Å². The Hall–Kier alpha value is -1.13. The first-order valence-corrected chi connectivity index (χ1v) is 8.36. The summed E-state index contributed by atoms with van der Waals surface area (Å²) in [5, 5.41) is 8.89. The number of nitrogens with two attached hydrogens (primary N) is 1. The van der Waals surface area contributed by atoms with Crippen molar-refractivity contribution >= 4 is 22.4 Å². The molecule has 1 rings (SSSR count). The Bertz CT molecular complexity index is 639. The number of hydrogen-bond donors (Lipinski definition) is 1. The number of nitriles is 1. The Morgan fingerprint density at radius 1 is 1.36 bits per heavy atom. The summed E-state index contributed by atoms with van der Waals surface area (Å²) in [7, 11) is -1.99. The van der Waals surface area contributed by atoms with E-state index >= 15 is 0 Å². The predicted octanol–water partition coefficient (Wildman–Crippen LogP) is 2.28. The molecule has 0 saturated heterocycles. The van der Waals surface area contributed by atoms with Crippen LogP contribution in [0.3, 0.4) is 0 Å². The van der Waals surface area contributed by atoms with Crippen LogP contribution >= 0.6 is 12.4 Å². The first kappa shape index (κ1) is 20.9. The Labute approximate surface area is 139 Å². The molecule has 0 spiro atoms. The third-order valence-corrected chi connectivity index (χ3v) is 5.51. The van der Waals surface area contributed by atoms with Crippen LogP contribution in [0.4, 0.5) is 0 Å². The quantitative estimate of drug-likeness (QED) is 0.856. The highest BCUT2D eigenvalue weighted by atomic mass is 35.5. The van der Waals surface area contributed by atoms with E-state index in [4.69, 9.17) is 11.0 Å². The topological polar surface area (TPSA) is 87.2 Å². The van der Waals surface area contributed by atoms with Gasteiger partial charge in [-0.15, -0.1) is 12.4 Å². The summed E-state index contributed by atoms with van der Waals surface area (Å²) >= 11 is 0. The van der Waals surface area contributed by atoms with Crippen molar-refractivity contribution in [3.05, 3.63) is 29.3 Å². The second-order valence-electron chi connectivity index (χ2n) is 5.61. The van der Waals surface area contributed by atoms with E-state index in [9.17, 15) is 8.42 Å². The zero-order valence-electron chi connectivity index (χ0n) is 13.4. The molecular weight excluding hydrogens is 322 g/mol. The Balaban J connectivity index is 0.00000441. The molecule has 0 bridgehead atoms. The van der Waals surface area contributed by atoms with Crippen LogP contribution < -0.4 is 5.73 Å². The molecule has 0 heterocycles. The minimum absolute atomic E-state index is 0. The van der Waals surface area contributed by atoms with E-state index < -0.39 is 10.0 Å². The van der Waals surface area contributed by atoms with Crippen molar-refractivity contribution in [3.63, 3.8) is 0 Å². The molecule has 0 saturated carbocycles. The van der Waals surface area contributed by atoms with Crippen LogP contribution in [0.5, 0.6) is 0 Å². The fourth-order valence-electron chi connectivity index (χ4n) is 1.89. The highest BCUT2D eigenvalue weighted by molar-refractivity contribution is 7.89. The zero-order valence-corrected chi connectivity index (χ0v) is 15.0. The average Bonchev–Trinajstić information content (AvgIpc) is 2.43. The maximum absolute atomic E-state index is 12.5. The SMILES string of the molecule is Cc1cc(S(=O)(=O)N(C)CCC(N)C(C)C)ccc1C#N.Cl. The van der Waals surface area contributed by atoms with E-state index in [1.165, 1.54) is 22.5 Å². The maximum atomic E-state index is 12.5. The van der Waals surface area contributed by atoms with Crippen molar-refractivity contribution in [1.82, 2.24) is 4.31 Å². The monoisotopic (exact) mass is 345 g/mol. The van der Waals surface area contributed by atoms with E-state index in [-0.39, 0.29) is 23.3 Å². The summed E-state index contributed by atoms with van der Waals surface area (Å²) in [5.41, 5.74) is 7.09. The maximum Gasteiger partial charge on any atom is 0.242 e. The van der Waals surface area contributed by atoms with E-state index in [2.05, 4.69) is 0 Å². The van der Waals surface area contributed by atoms with E-state index in [1.807, 2.05) is 19.9 Å². The highest BCUT2D eigenvalue weighted by Crippen LogP contribution is 2.19. The molecule has 22 heavy (non-hydrogen) atoms. The molecule has 0 radical (unpaired) electrons. The normalized spacial score (nSPS) is 12.8. The first-order chi connectivity index (χ1) is 9.70. The van der Waals surface area contributed by atoms with Crippen molar-refractivity contribution in [3.8, 4) is 6.07 Å². The number of sulfonamides is 1. The molecule has 5 nitrogen and oxygen atoms in total. The largest absolute Gasteiger partial charge is 0.327 e. The van der Waals surface area contributed by atoms with Crippen LogP contribution in [0.15, 0.2) is 23.1 Å². The smallest absolute Gasteiger partial charge is 0.242 e. The van der Waals surface area contributed by atoms with E-state index in [1.54, 1.807) is 14.0 Å². The summed E-state index contributed by atoms with van der Waals surface area (Å²) in [5.74, 6) is 0.318. The van der Waals surface area contributed by atoms with Gasteiger partial charge in [0, 0.05) is 19.6 Å². The third-order valence-electron chi connectivity index (χ3n) is 3.66.